The number of aromatic nitrogens is 2. The number of rotatable bonds is 5. The number of piperidine rings is 1. The summed E-state index contributed by atoms with van der Waals surface area (Å²) in [5.41, 5.74) is 1.32. The highest BCUT2D eigenvalue weighted by molar-refractivity contribution is 5.79. The van der Waals surface area contributed by atoms with Crippen LogP contribution in [0.15, 0.2) is 6.20 Å². The summed E-state index contributed by atoms with van der Waals surface area (Å²) in [4.78, 5) is 19.4. The maximum atomic E-state index is 12.6. The van der Waals surface area contributed by atoms with E-state index >= 15 is 0 Å². The van der Waals surface area contributed by atoms with Crippen LogP contribution in [0.2, 0.25) is 0 Å². The van der Waals surface area contributed by atoms with Crippen molar-refractivity contribution in [3.63, 3.8) is 0 Å². The van der Waals surface area contributed by atoms with Crippen LogP contribution in [-0.2, 0) is 11.3 Å². The highest BCUT2D eigenvalue weighted by Crippen LogP contribution is 2.36. The van der Waals surface area contributed by atoms with Crippen LogP contribution in [-0.4, -0.2) is 33.4 Å². The number of imidazole rings is 1. The van der Waals surface area contributed by atoms with E-state index in [2.05, 4.69) is 22.6 Å². The molecule has 0 atom stereocenters. The molecule has 2 heterocycles. The molecule has 1 saturated heterocycles. The third kappa shape index (κ3) is 3.63. The molecule has 1 aliphatic heterocycles. The molecule has 0 aromatic carbocycles. The summed E-state index contributed by atoms with van der Waals surface area (Å²) in [7, 11) is 0. The van der Waals surface area contributed by atoms with E-state index in [9.17, 15) is 4.79 Å². The highest BCUT2D eigenvalue weighted by Gasteiger charge is 2.30. The van der Waals surface area contributed by atoms with Gasteiger partial charge in [-0.2, -0.15) is 0 Å². The number of likely N-dealkylation sites (tertiary alicyclic amines) is 1. The fourth-order valence-corrected chi connectivity index (χ4v) is 4.95. The van der Waals surface area contributed by atoms with Crippen LogP contribution in [0.5, 0.6) is 0 Å². The topological polar surface area (TPSA) is 38.1 Å². The van der Waals surface area contributed by atoms with Gasteiger partial charge in [0.15, 0.2) is 0 Å². The van der Waals surface area contributed by atoms with Crippen LogP contribution in [0.1, 0.15) is 81.6 Å². The van der Waals surface area contributed by atoms with Crippen molar-refractivity contribution in [3.05, 3.63) is 17.7 Å². The molecule has 1 aromatic heterocycles. The summed E-state index contributed by atoms with van der Waals surface area (Å²) < 4.78 is 2.47. The van der Waals surface area contributed by atoms with Crippen LogP contribution >= 0.6 is 0 Å². The third-order valence-electron chi connectivity index (χ3n) is 6.95. The van der Waals surface area contributed by atoms with Crippen LogP contribution in [0.25, 0.3) is 0 Å². The Morgan fingerprint density at radius 3 is 2.44 bits per heavy atom. The number of carbonyl (C=O) groups excluding carboxylic acids is 1. The van der Waals surface area contributed by atoms with Gasteiger partial charge in [-0.1, -0.05) is 19.3 Å². The summed E-state index contributed by atoms with van der Waals surface area (Å²) in [6, 6.07) is 0. The van der Waals surface area contributed by atoms with Crippen molar-refractivity contribution in [1.82, 2.24) is 14.5 Å². The lowest BCUT2D eigenvalue weighted by atomic mass is 9.84. The standard InChI is InChI=1S/C21H33N3O/c1-16-15-22-20(18-7-4-8-18)24(16)14-11-17-9-12-23(13-10-17)21(25)19-5-2-3-6-19/h15,17-19H,2-14H2,1H3. The summed E-state index contributed by atoms with van der Waals surface area (Å²) >= 11 is 0. The first-order valence-electron chi connectivity index (χ1n) is 10.5. The monoisotopic (exact) mass is 343 g/mol. The second kappa shape index (κ2) is 7.51. The Morgan fingerprint density at radius 1 is 1.08 bits per heavy atom. The first-order chi connectivity index (χ1) is 12.2. The zero-order valence-corrected chi connectivity index (χ0v) is 15.8. The van der Waals surface area contributed by atoms with Crippen molar-refractivity contribution in [2.75, 3.05) is 13.1 Å². The molecule has 2 saturated carbocycles. The first-order valence-corrected chi connectivity index (χ1v) is 10.5. The summed E-state index contributed by atoms with van der Waals surface area (Å²) in [5, 5.41) is 0. The lowest BCUT2D eigenvalue weighted by Crippen LogP contribution is -2.41. The molecule has 4 rings (SSSR count). The largest absolute Gasteiger partial charge is 0.342 e. The Morgan fingerprint density at radius 2 is 1.80 bits per heavy atom. The molecular weight excluding hydrogens is 310 g/mol. The molecule has 25 heavy (non-hydrogen) atoms. The van der Waals surface area contributed by atoms with E-state index in [1.807, 2.05) is 0 Å². The van der Waals surface area contributed by atoms with Gasteiger partial charge in [0.2, 0.25) is 5.91 Å². The molecule has 4 heteroatoms. The van der Waals surface area contributed by atoms with E-state index in [1.165, 1.54) is 62.9 Å². The molecule has 3 fully saturated rings. The molecule has 1 amide bonds. The van der Waals surface area contributed by atoms with E-state index in [1.54, 1.807) is 0 Å². The molecule has 0 radical (unpaired) electrons. The minimum atomic E-state index is 0.343. The predicted octanol–water partition coefficient (Wildman–Crippen LogP) is 4.28. The summed E-state index contributed by atoms with van der Waals surface area (Å²) in [6.07, 6.45) is 14.4. The van der Waals surface area contributed by atoms with Gasteiger partial charge in [-0.3, -0.25) is 4.79 Å². The smallest absolute Gasteiger partial charge is 0.225 e. The fraction of sp³-hybridized carbons (Fsp3) is 0.810. The van der Waals surface area contributed by atoms with Gasteiger partial charge in [0, 0.05) is 43.4 Å². The van der Waals surface area contributed by atoms with Crippen LogP contribution in [0.4, 0.5) is 0 Å². The van der Waals surface area contributed by atoms with Crippen molar-refractivity contribution in [2.24, 2.45) is 11.8 Å². The molecule has 2 aliphatic carbocycles. The lowest BCUT2D eigenvalue weighted by Gasteiger charge is -2.34. The van der Waals surface area contributed by atoms with E-state index < -0.39 is 0 Å². The molecule has 1 aromatic rings. The molecule has 0 spiro atoms. The molecule has 138 valence electrons. The molecule has 0 bridgehead atoms. The Bertz CT molecular complexity index is 590. The molecule has 3 aliphatic rings. The zero-order chi connectivity index (χ0) is 17.2. The fourth-order valence-electron chi connectivity index (χ4n) is 4.95. The third-order valence-corrected chi connectivity index (χ3v) is 6.95. The first kappa shape index (κ1) is 17.1. The lowest BCUT2D eigenvalue weighted by molar-refractivity contribution is -0.136. The molecule has 4 nitrogen and oxygen atoms in total. The van der Waals surface area contributed by atoms with E-state index in [0.29, 0.717) is 17.7 Å². The average molecular weight is 344 g/mol. The number of nitrogens with zero attached hydrogens (tertiary/aromatic N) is 3. The SMILES string of the molecule is Cc1cnc(C2CCC2)n1CCC1CCN(C(=O)C2CCCC2)CC1. The molecule has 0 unspecified atom stereocenters. The van der Waals surface area contributed by atoms with Gasteiger partial charge in [0.1, 0.15) is 5.82 Å². The Labute approximate surface area is 152 Å². The highest BCUT2D eigenvalue weighted by atomic mass is 16.2. The number of hydrogen-bond donors (Lipinski definition) is 0. The minimum absolute atomic E-state index is 0.343. The van der Waals surface area contributed by atoms with Crippen LogP contribution in [0.3, 0.4) is 0 Å². The maximum Gasteiger partial charge on any atom is 0.225 e. The summed E-state index contributed by atoms with van der Waals surface area (Å²) in [5.74, 6) is 3.60. The van der Waals surface area contributed by atoms with Gasteiger partial charge < -0.3 is 9.47 Å². The summed E-state index contributed by atoms with van der Waals surface area (Å²) in [6.45, 7) is 5.27. The van der Waals surface area contributed by atoms with Crippen molar-refractivity contribution in [1.29, 1.82) is 0 Å². The van der Waals surface area contributed by atoms with Crippen molar-refractivity contribution >= 4 is 5.91 Å². The second-order valence-electron chi connectivity index (χ2n) is 8.58. The number of hydrogen-bond acceptors (Lipinski definition) is 2. The average Bonchev–Trinajstić information content (AvgIpc) is 3.23. The molecule has 0 N–H and O–H groups in total. The minimum Gasteiger partial charge on any atom is -0.342 e. The van der Waals surface area contributed by atoms with Gasteiger partial charge in [0.05, 0.1) is 0 Å². The Balaban J connectivity index is 1.26. The quantitative estimate of drug-likeness (QED) is 0.800. The van der Waals surface area contributed by atoms with Gasteiger partial charge in [-0.25, -0.2) is 4.98 Å². The second-order valence-corrected chi connectivity index (χ2v) is 8.58. The number of aryl methyl sites for hydroxylation is 1. The van der Waals surface area contributed by atoms with Crippen molar-refractivity contribution in [3.8, 4) is 0 Å². The Hall–Kier alpha value is -1.32. The number of amides is 1. The molecular formula is C21H33N3O. The van der Waals surface area contributed by atoms with Crippen molar-refractivity contribution < 1.29 is 4.79 Å². The van der Waals surface area contributed by atoms with Crippen LogP contribution < -0.4 is 0 Å². The maximum absolute atomic E-state index is 12.6. The zero-order valence-electron chi connectivity index (χ0n) is 15.8. The van der Waals surface area contributed by atoms with E-state index in [0.717, 1.165) is 38.4 Å². The Kier molecular flexibility index (Phi) is 5.14. The van der Waals surface area contributed by atoms with Crippen molar-refractivity contribution in [2.45, 2.75) is 83.6 Å². The van der Waals surface area contributed by atoms with Gasteiger partial charge in [-0.05, 0) is 57.8 Å². The van der Waals surface area contributed by atoms with E-state index in [-0.39, 0.29) is 0 Å². The number of carbonyl (C=O) groups is 1. The van der Waals surface area contributed by atoms with Crippen LogP contribution in [0, 0.1) is 18.8 Å². The predicted molar refractivity (Wildman–Crippen MR) is 99.4 cm³/mol. The van der Waals surface area contributed by atoms with E-state index in [4.69, 9.17) is 4.98 Å². The van der Waals surface area contributed by atoms with Gasteiger partial charge in [0.25, 0.3) is 0 Å². The van der Waals surface area contributed by atoms with Gasteiger partial charge >= 0.3 is 0 Å². The normalized spacial score (nSPS) is 23.2. The van der Waals surface area contributed by atoms with Gasteiger partial charge in [-0.15, -0.1) is 0 Å².